The van der Waals surface area contributed by atoms with Crippen LogP contribution >= 0.6 is 0 Å². The van der Waals surface area contributed by atoms with Crippen molar-refractivity contribution in [3.63, 3.8) is 0 Å². The second kappa shape index (κ2) is 13.7. The molecular weight excluding hydrogens is 799 g/mol. The smallest absolute Gasteiger partial charge is 0.135 e. The van der Waals surface area contributed by atoms with Crippen molar-refractivity contribution in [3.8, 4) is 55.6 Å². The molecule has 3 aliphatic carbocycles. The fourth-order valence-electron chi connectivity index (χ4n) is 12.2. The van der Waals surface area contributed by atoms with Crippen LogP contribution in [0.4, 0.5) is 17.1 Å². The Hall–Kier alpha value is -8.20. The molecule has 0 atom stereocenters. The minimum absolute atomic E-state index is 0.147. The average Bonchev–Trinajstić information content (AvgIpc) is 4.06. The van der Waals surface area contributed by atoms with Crippen LogP contribution in [0.1, 0.15) is 47.2 Å². The lowest BCUT2D eigenvalue weighted by Gasteiger charge is -2.30. The SMILES string of the molecule is CC1(C)c2ccccc2-c2ccc(N(c3cccc(-c4ccc5oc6ccccc6c5c4)c3)c3cccc(-c4cccc5c4-c4ccccc4C54c5ccccc5-c5ccccc54)c3)cc21. The van der Waals surface area contributed by atoms with Crippen LogP contribution in [-0.2, 0) is 10.8 Å². The van der Waals surface area contributed by atoms with Gasteiger partial charge in [-0.1, -0.05) is 184 Å². The summed E-state index contributed by atoms with van der Waals surface area (Å²) < 4.78 is 6.24. The van der Waals surface area contributed by atoms with E-state index in [1.807, 2.05) is 12.1 Å². The van der Waals surface area contributed by atoms with Gasteiger partial charge < -0.3 is 9.32 Å². The molecule has 11 aromatic rings. The molecule has 0 saturated heterocycles. The summed E-state index contributed by atoms with van der Waals surface area (Å²) in [5, 5.41) is 2.26. The predicted octanol–water partition coefficient (Wildman–Crippen LogP) is 17.0. The number of para-hydroxylation sites is 1. The molecule has 0 unspecified atom stereocenters. The minimum atomic E-state index is -0.403. The largest absolute Gasteiger partial charge is 0.456 e. The second-order valence-corrected chi connectivity index (χ2v) is 18.8. The van der Waals surface area contributed by atoms with Crippen molar-refractivity contribution >= 4 is 39.0 Å². The maximum absolute atomic E-state index is 6.24. The van der Waals surface area contributed by atoms with E-state index in [0.29, 0.717) is 0 Å². The molecule has 2 heteroatoms. The first-order valence-electron chi connectivity index (χ1n) is 23.1. The van der Waals surface area contributed by atoms with Gasteiger partial charge in [0.2, 0.25) is 0 Å². The molecule has 66 heavy (non-hydrogen) atoms. The maximum Gasteiger partial charge on any atom is 0.135 e. The van der Waals surface area contributed by atoms with E-state index in [2.05, 4.69) is 231 Å². The zero-order valence-electron chi connectivity index (χ0n) is 36.7. The normalized spacial score (nSPS) is 14.2. The number of hydrogen-bond acceptors (Lipinski definition) is 2. The molecule has 10 aromatic carbocycles. The number of furan rings is 1. The molecular formula is C64H43NO. The van der Waals surface area contributed by atoms with E-state index >= 15 is 0 Å². The third-order valence-electron chi connectivity index (χ3n) is 15.1. The molecule has 0 radical (unpaired) electrons. The molecule has 0 N–H and O–H groups in total. The van der Waals surface area contributed by atoms with Gasteiger partial charge >= 0.3 is 0 Å². The summed E-state index contributed by atoms with van der Waals surface area (Å²) in [7, 11) is 0. The molecule has 2 nitrogen and oxygen atoms in total. The van der Waals surface area contributed by atoms with Gasteiger partial charge in [-0.2, -0.15) is 0 Å². The molecule has 0 amide bonds. The second-order valence-electron chi connectivity index (χ2n) is 18.8. The third kappa shape index (κ3) is 5.01. The van der Waals surface area contributed by atoms with Gasteiger partial charge in [-0.25, -0.2) is 0 Å². The predicted molar refractivity (Wildman–Crippen MR) is 273 cm³/mol. The van der Waals surface area contributed by atoms with Crippen molar-refractivity contribution in [2.45, 2.75) is 24.7 Å². The molecule has 0 fully saturated rings. The van der Waals surface area contributed by atoms with Crippen LogP contribution in [0.5, 0.6) is 0 Å². The van der Waals surface area contributed by atoms with E-state index in [1.165, 1.54) is 77.9 Å². The lowest BCUT2D eigenvalue weighted by Crippen LogP contribution is -2.25. The van der Waals surface area contributed by atoms with Gasteiger partial charge in [-0.3, -0.25) is 0 Å². The first-order chi connectivity index (χ1) is 32.5. The summed E-state index contributed by atoms with van der Waals surface area (Å²) in [6.45, 7) is 4.73. The highest BCUT2D eigenvalue weighted by atomic mass is 16.3. The molecule has 0 bridgehead atoms. The molecule has 1 aromatic heterocycles. The fourth-order valence-corrected chi connectivity index (χ4v) is 12.2. The van der Waals surface area contributed by atoms with Gasteiger partial charge in [0.15, 0.2) is 0 Å². The number of nitrogens with zero attached hydrogens (tertiary/aromatic N) is 1. The quantitative estimate of drug-likeness (QED) is 0.172. The Balaban J connectivity index is 0.962. The van der Waals surface area contributed by atoms with E-state index in [4.69, 9.17) is 4.42 Å². The summed E-state index contributed by atoms with van der Waals surface area (Å²) in [4.78, 5) is 2.46. The number of benzene rings is 10. The molecule has 1 spiro atoms. The van der Waals surface area contributed by atoms with E-state index < -0.39 is 5.41 Å². The van der Waals surface area contributed by atoms with E-state index in [0.717, 1.165) is 50.1 Å². The monoisotopic (exact) mass is 841 g/mol. The Morgan fingerprint density at radius 2 is 0.818 bits per heavy atom. The molecule has 14 rings (SSSR count). The minimum Gasteiger partial charge on any atom is -0.456 e. The Morgan fingerprint density at radius 1 is 0.318 bits per heavy atom. The lowest BCUT2D eigenvalue weighted by atomic mass is 9.70. The third-order valence-corrected chi connectivity index (χ3v) is 15.1. The van der Waals surface area contributed by atoms with Gasteiger partial charge in [0.25, 0.3) is 0 Å². The fraction of sp³-hybridized carbons (Fsp3) is 0.0625. The molecule has 310 valence electrons. The Labute approximate surface area is 384 Å². The van der Waals surface area contributed by atoms with Crippen molar-refractivity contribution in [2.75, 3.05) is 4.90 Å². The van der Waals surface area contributed by atoms with Crippen LogP contribution in [0, 0.1) is 0 Å². The van der Waals surface area contributed by atoms with Crippen LogP contribution in [-0.4, -0.2) is 0 Å². The van der Waals surface area contributed by atoms with Gasteiger partial charge in [0, 0.05) is 33.2 Å². The summed E-state index contributed by atoms with van der Waals surface area (Å²) in [6, 6.07) is 83.3. The highest BCUT2D eigenvalue weighted by Gasteiger charge is 2.52. The van der Waals surface area contributed by atoms with Crippen molar-refractivity contribution in [2.24, 2.45) is 0 Å². The summed E-state index contributed by atoms with van der Waals surface area (Å²) in [6.07, 6.45) is 0. The number of fused-ring (bicyclic) bond motifs is 16. The van der Waals surface area contributed by atoms with Crippen LogP contribution in [0.2, 0.25) is 0 Å². The van der Waals surface area contributed by atoms with Gasteiger partial charge in [-0.15, -0.1) is 0 Å². The number of hydrogen-bond donors (Lipinski definition) is 0. The average molecular weight is 842 g/mol. The zero-order valence-corrected chi connectivity index (χ0v) is 36.7. The molecule has 1 heterocycles. The van der Waals surface area contributed by atoms with Crippen LogP contribution in [0.3, 0.4) is 0 Å². The number of anilines is 3. The maximum atomic E-state index is 6.24. The summed E-state index contributed by atoms with van der Waals surface area (Å²) >= 11 is 0. The van der Waals surface area contributed by atoms with Gasteiger partial charge in [0.05, 0.1) is 5.41 Å². The van der Waals surface area contributed by atoms with Crippen LogP contribution in [0.15, 0.2) is 229 Å². The first kappa shape index (κ1) is 37.2. The Kier molecular flexibility index (Phi) is 7.70. The van der Waals surface area contributed by atoms with Crippen LogP contribution < -0.4 is 4.90 Å². The van der Waals surface area contributed by atoms with E-state index in [-0.39, 0.29) is 5.41 Å². The van der Waals surface area contributed by atoms with Crippen molar-refractivity contribution in [1.29, 1.82) is 0 Å². The van der Waals surface area contributed by atoms with Gasteiger partial charge in [0.1, 0.15) is 11.2 Å². The van der Waals surface area contributed by atoms with Crippen molar-refractivity contribution in [1.82, 2.24) is 0 Å². The first-order valence-corrected chi connectivity index (χ1v) is 23.1. The van der Waals surface area contributed by atoms with Crippen LogP contribution in [0.25, 0.3) is 77.6 Å². The van der Waals surface area contributed by atoms with Crippen molar-refractivity contribution in [3.05, 3.63) is 258 Å². The zero-order chi connectivity index (χ0) is 43.7. The van der Waals surface area contributed by atoms with E-state index in [1.54, 1.807) is 0 Å². The Morgan fingerprint density at radius 3 is 1.56 bits per heavy atom. The highest BCUT2D eigenvalue weighted by molar-refractivity contribution is 6.06. The topological polar surface area (TPSA) is 16.4 Å². The molecule has 0 saturated carbocycles. The standard InChI is InChI=1S/C64H43NO/c1-63(2)54-26-8-3-20-47(54)50-34-33-45(39-59(50)63)65(43-18-13-16-40(36-43)41-32-35-61-53(38-41)51-23-7-12-31-60(51)66-61)44-19-14-17-42(37-44)46-25-15-30-58-62(46)52-24-6-11-29-57(52)64(58)55-27-9-4-21-48(55)49-22-5-10-28-56(49)64/h3-39H,1-2H3. The summed E-state index contributed by atoms with van der Waals surface area (Å²) in [5.41, 5.74) is 25.3. The highest BCUT2D eigenvalue weighted by Crippen LogP contribution is 2.64. The number of rotatable bonds is 5. The molecule has 3 aliphatic rings. The van der Waals surface area contributed by atoms with E-state index in [9.17, 15) is 0 Å². The van der Waals surface area contributed by atoms with Crippen molar-refractivity contribution < 1.29 is 4.42 Å². The summed E-state index contributed by atoms with van der Waals surface area (Å²) in [5.74, 6) is 0. The van der Waals surface area contributed by atoms with Gasteiger partial charge in [-0.05, 0) is 144 Å². The lowest BCUT2D eigenvalue weighted by molar-refractivity contribution is 0.660. The molecule has 0 aliphatic heterocycles. The Bertz CT molecular complexity index is 3780.